The second-order valence-electron chi connectivity index (χ2n) is 12.8. The summed E-state index contributed by atoms with van der Waals surface area (Å²) < 4.78 is 6.76. The molecule has 1 aliphatic rings. The highest BCUT2D eigenvalue weighted by atomic mass is 16.3. The van der Waals surface area contributed by atoms with Crippen LogP contribution >= 0.6 is 0 Å². The third-order valence-electron chi connectivity index (χ3n) is 10.1. The predicted molar refractivity (Wildman–Crippen MR) is 199 cm³/mol. The van der Waals surface area contributed by atoms with Crippen molar-refractivity contribution in [2.45, 2.75) is 26.7 Å². The fraction of sp³-hybridized carbons (Fsp3) is 0.0909. The average molecular weight is 589 g/mol. The van der Waals surface area contributed by atoms with E-state index in [4.69, 9.17) is 4.42 Å². The molecular formula is C44H33BO. The van der Waals surface area contributed by atoms with E-state index in [0.717, 1.165) is 29.7 Å². The lowest BCUT2D eigenvalue weighted by molar-refractivity contribution is 0.547. The number of aryl methyl sites for hydroxylation is 3. The molecule has 0 amide bonds. The molecule has 0 atom stereocenters. The summed E-state index contributed by atoms with van der Waals surface area (Å²) in [5.41, 5.74) is 11.2. The summed E-state index contributed by atoms with van der Waals surface area (Å²) in [7, 11) is 0. The summed E-state index contributed by atoms with van der Waals surface area (Å²) in [4.78, 5) is 0. The number of benzene rings is 7. The maximum absolute atomic E-state index is 6.76. The molecule has 0 N–H and O–H groups in total. The summed E-state index contributed by atoms with van der Waals surface area (Å²) in [5, 5.41) is 8.89. The maximum atomic E-state index is 6.76. The van der Waals surface area contributed by atoms with Gasteiger partial charge in [-0.15, -0.1) is 0 Å². The molecule has 0 bridgehead atoms. The lowest BCUT2D eigenvalue weighted by Crippen LogP contribution is -2.54. The average Bonchev–Trinajstić information content (AvgIpc) is 3.50. The van der Waals surface area contributed by atoms with Crippen molar-refractivity contribution in [2.75, 3.05) is 0 Å². The highest BCUT2D eigenvalue weighted by Crippen LogP contribution is 2.41. The molecule has 1 aromatic heterocycles. The second-order valence-corrected chi connectivity index (χ2v) is 12.8. The van der Waals surface area contributed by atoms with E-state index in [0.29, 0.717) is 0 Å². The molecule has 0 aliphatic heterocycles. The standard InChI is InChI=1S/C44H33BO/c1-28-22-24-30-12-3-7-18-36(30)42(28)45(43-29(2)23-25-31-13-4-8-19-37(31)43)34-16-11-15-32(26-34)39-27-33-14-5-6-17-35(33)41-38-20-9-10-21-40(38)46-44(39)41/h3-9,11-20,22-27H,10,21H2,1-2H3. The SMILES string of the molecule is Cc1ccc2ccccc2c1B(c1cccc(-c2cc3ccccc3c3c4c(oc23)CCC=C4)c1)c1c(C)ccc2ccccc12. The first-order chi connectivity index (χ1) is 22.7. The Morgan fingerprint density at radius 1 is 0.587 bits per heavy atom. The van der Waals surface area contributed by atoms with Gasteiger partial charge in [-0.25, -0.2) is 0 Å². The number of fused-ring (bicyclic) bond motifs is 7. The molecule has 0 spiro atoms. The highest BCUT2D eigenvalue weighted by Gasteiger charge is 2.29. The van der Waals surface area contributed by atoms with Crippen LogP contribution in [-0.2, 0) is 6.42 Å². The number of hydrogen-bond acceptors (Lipinski definition) is 1. The third kappa shape index (κ3) is 4.17. The van der Waals surface area contributed by atoms with Gasteiger partial charge in [0, 0.05) is 22.9 Å². The molecule has 8 aromatic rings. The molecule has 0 fully saturated rings. The Balaban J connectivity index is 1.35. The smallest absolute Gasteiger partial charge is 0.243 e. The van der Waals surface area contributed by atoms with Crippen LogP contribution in [0.3, 0.4) is 0 Å². The van der Waals surface area contributed by atoms with Crippen LogP contribution in [0.2, 0.25) is 0 Å². The number of furan rings is 1. The predicted octanol–water partition coefficient (Wildman–Crippen LogP) is 9.65. The Labute approximate surface area is 269 Å². The van der Waals surface area contributed by atoms with Crippen molar-refractivity contribution in [3.63, 3.8) is 0 Å². The quantitative estimate of drug-likeness (QED) is 0.187. The largest absolute Gasteiger partial charge is 0.460 e. The van der Waals surface area contributed by atoms with Gasteiger partial charge in [0.1, 0.15) is 11.3 Å². The Kier molecular flexibility index (Phi) is 6.25. The highest BCUT2D eigenvalue weighted by molar-refractivity contribution is 6.98. The monoisotopic (exact) mass is 588 g/mol. The zero-order chi connectivity index (χ0) is 30.8. The summed E-state index contributed by atoms with van der Waals surface area (Å²) in [6.45, 7) is 4.58. The lowest BCUT2D eigenvalue weighted by Gasteiger charge is -2.24. The van der Waals surface area contributed by atoms with Crippen LogP contribution in [0.1, 0.15) is 28.9 Å². The van der Waals surface area contributed by atoms with E-state index in [9.17, 15) is 0 Å². The molecule has 1 nitrogen and oxygen atoms in total. The van der Waals surface area contributed by atoms with E-state index >= 15 is 0 Å². The van der Waals surface area contributed by atoms with Gasteiger partial charge >= 0.3 is 0 Å². The zero-order valence-corrected chi connectivity index (χ0v) is 26.2. The minimum Gasteiger partial charge on any atom is -0.460 e. The van der Waals surface area contributed by atoms with E-state index in [1.807, 2.05) is 0 Å². The molecule has 0 saturated carbocycles. The molecule has 0 unspecified atom stereocenters. The van der Waals surface area contributed by atoms with Crippen molar-refractivity contribution in [1.29, 1.82) is 0 Å². The van der Waals surface area contributed by atoms with E-state index in [-0.39, 0.29) is 6.71 Å². The van der Waals surface area contributed by atoms with Crippen molar-refractivity contribution in [3.05, 3.63) is 156 Å². The van der Waals surface area contributed by atoms with Crippen LogP contribution in [0, 0.1) is 13.8 Å². The van der Waals surface area contributed by atoms with Gasteiger partial charge in [-0.3, -0.25) is 0 Å². The molecule has 2 heteroatoms. The minimum absolute atomic E-state index is 0.0424. The number of allylic oxidation sites excluding steroid dienone is 1. The number of hydrogen-bond donors (Lipinski definition) is 0. The topological polar surface area (TPSA) is 13.1 Å². The van der Waals surface area contributed by atoms with Gasteiger partial charge in [-0.05, 0) is 64.2 Å². The molecular weight excluding hydrogens is 555 g/mol. The zero-order valence-electron chi connectivity index (χ0n) is 26.2. The molecule has 46 heavy (non-hydrogen) atoms. The summed E-state index contributed by atoms with van der Waals surface area (Å²) in [6, 6.07) is 47.1. The summed E-state index contributed by atoms with van der Waals surface area (Å²) in [5.74, 6) is 1.10. The minimum atomic E-state index is 0.0424. The Morgan fingerprint density at radius 2 is 1.22 bits per heavy atom. The maximum Gasteiger partial charge on any atom is 0.243 e. The summed E-state index contributed by atoms with van der Waals surface area (Å²) >= 11 is 0. The van der Waals surface area contributed by atoms with Crippen LogP contribution in [0.4, 0.5) is 0 Å². The van der Waals surface area contributed by atoms with Crippen molar-refractivity contribution < 1.29 is 4.42 Å². The summed E-state index contributed by atoms with van der Waals surface area (Å²) in [6.07, 6.45) is 6.51. The van der Waals surface area contributed by atoms with Crippen LogP contribution in [-0.4, -0.2) is 6.71 Å². The van der Waals surface area contributed by atoms with Gasteiger partial charge in [-0.1, -0.05) is 161 Å². The lowest BCUT2D eigenvalue weighted by atomic mass is 9.34. The first kappa shape index (κ1) is 27.0. The normalized spacial score (nSPS) is 12.7. The molecule has 218 valence electrons. The Morgan fingerprint density at radius 3 is 1.91 bits per heavy atom. The van der Waals surface area contributed by atoms with Gasteiger partial charge in [0.15, 0.2) is 0 Å². The van der Waals surface area contributed by atoms with Crippen LogP contribution in [0.25, 0.3) is 60.5 Å². The van der Waals surface area contributed by atoms with Gasteiger partial charge in [0.25, 0.3) is 0 Å². The van der Waals surface area contributed by atoms with E-state index in [2.05, 4.69) is 153 Å². The van der Waals surface area contributed by atoms with Crippen molar-refractivity contribution >= 4 is 72.5 Å². The van der Waals surface area contributed by atoms with Crippen LogP contribution in [0.5, 0.6) is 0 Å². The van der Waals surface area contributed by atoms with E-state index in [1.54, 1.807) is 0 Å². The molecule has 0 radical (unpaired) electrons. The van der Waals surface area contributed by atoms with Gasteiger partial charge < -0.3 is 4.42 Å². The first-order valence-electron chi connectivity index (χ1n) is 16.4. The van der Waals surface area contributed by atoms with Gasteiger partial charge in [-0.2, -0.15) is 0 Å². The number of rotatable bonds is 4. The fourth-order valence-corrected chi connectivity index (χ4v) is 7.95. The van der Waals surface area contributed by atoms with Crippen molar-refractivity contribution in [1.82, 2.24) is 0 Å². The molecule has 9 rings (SSSR count). The fourth-order valence-electron chi connectivity index (χ4n) is 7.95. The van der Waals surface area contributed by atoms with Crippen molar-refractivity contribution in [3.8, 4) is 11.1 Å². The Bertz CT molecular complexity index is 2430. The second kappa shape index (κ2) is 10.6. The Hall–Kier alpha value is -5.34. The van der Waals surface area contributed by atoms with Crippen LogP contribution in [0.15, 0.2) is 138 Å². The van der Waals surface area contributed by atoms with Gasteiger partial charge in [0.2, 0.25) is 6.71 Å². The van der Waals surface area contributed by atoms with E-state index < -0.39 is 0 Å². The van der Waals surface area contributed by atoms with Crippen LogP contribution < -0.4 is 16.4 Å². The van der Waals surface area contributed by atoms with Crippen molar-refractivity contribution in [2.24, 2.45) is 0 Å². The first-order valence-corrected chi connectivity index (χ1v) is 16.4. The third-order valence-corrected chi connectivity index (χ3v) is 10.1. The molecule has 1 heterocycles. The molecule has 7 aromatic carbocycles. The molecule has 0 saturated heterocycles. The van der Waals surface area contributed by atoms with Gasteiger partial charge in [0.05, 0.1) is 0 Å². The molecule has 1 aliphatic carbocycles. The van der Waals surface area contributed by atoms with E-state index in [1.165, 1.54) is 76.3 Å².